The lowest BCUT2D eigenvalue weighted by Gasteiger charge is -2.29. The van der Waals surface area contributed by atoms with Crippen LogP contribution in [0.25, 0.3) is 5.69 Å². The number of benzene rings is 1. The number of nitrogens with zero attached hydrogens (tertiary/aromatic N) is 2. The molecule has 2 N–H and O–H groups in total. The van der Waals surface area contributed by atoms with Crippen molar-refractivity contribution in [1.82, 2.24) is 20.4 Å². The highest BCUT2D eigenvalue weighted by molar-refractivity contribution is 5.94. The first-order valence-corrected chi connectivity index (χ1v) is 9.51. The molecule has 5 rings (SSSR count). The van der Waals surface area contributed by atoms with Gasteiger partial charge in [-0.3, -0.25) is 4.79 Å². The summed E-state index contributed by atoms with van der Waals surface area (Å²) in [5.41, 5.74) is 4.04. The molecule has 0 radical (unpaired) electrons. The lowest BCUT2D eigenvalue weighted by atomic mass is 9.99. The molecule has 3 heterocycles. The number of amides is 1. The molecule has 0 spiro atoms. The van der Waals surface area contributed by atoms with E-state index in [1.54, 1.807) is 0 Å². The lowest BCUT2D eigenvalue weighted by molar-refractivity contribution is 0.0917. The zero-order valence-corrected chi connectivity index (χ0v) is 14.4. The Labute approximate surface area is 147 Å². The van der Waals surface area contributed by atoms with Crippen LogP contribution in [-0.4, -0.2) is 33.8 Å². The summed E-state index contributed by atoms with van der Waals surface area (Å²) in [5, 5.41) is 11.6. The maximum absolute atomic E-state index is 12.9. The van der Waals surface area contributed by atoms with Gasteiger partial charge in [-0.25, -0.2) is 4.68 Å². The third kappa shape index (κ3) is 2.67. The van der Waals surface area contributed by atoms with Crippen molar-refractivity contribution in [3.63, 3.8) is 0 Å². The van der Waals surface area contributed by atoms with Crippen LogP contribution in [0.5, 0.6) is 0 Å². The van der Waals surface area contributed by atoms with E-state index in [1.807, 2.05) is 22.9 Å². The number of rotatable bonds is 3. The summed E-state index contributed by atoms with van der Waals surface area (Å²) < 4.78 is 1.98. The van der Waals surface area contributed by atoms with Crippen molar-refractivity contribution < 1.29 is 4.79 Å². The molecule has 2 aromatic rings. The van der Waals surface area contributed by atoms with Gasteiger partial charge >= 0.3 is 0 Å². The second-order valence-corrected chi connectivity index (χ2v) is 7.65. The summed E-state index contributed by atoms with van der Waals surface area (Å²) in [6.45, 7) is 0. The minimum atomic E-state index is 0.0131. The fourth-order valence-electron chi connectivity index (χ4n) is 4.83. The van der Waals surface area contributed by atoms with Gasteiger partial charge in [-0.15, -0.1) is 0 Å². The highest BCUT2D eigenvalue weighted by atomic mass is 16.2. The van der Waals surface area contributed by atoms with Gasteiger partial charge in [-0.1, -0.05) is 18.2 Å². The van der Waals surface area contributed by atoms with E-state index in [0.717, 1.165) is 43.4 Å². The van der Waals surface area contributed by atoms with Crippen molar-refractivity contribution in [1.29, 1.82) is 0 Å². The van der Waals surface area contributed by atoms with Crippen LogP contribution < -0.4 is 10.6 Å². The molecule has 25 heavy (non-hydrogen) atoms. The summed E-state index contributed by atoms with van der Waals surface area (Å²) in [5.74, 6) is 0.0131. The molecule has 2 fully saturated rings. The topological polar surface area (TPSA) is 59.0 Å². The van der Waals surface area contributed by atoms with Crippen LogP contribution in [0.3, 0.4) is 0 Å². The molecule has 5 heteroatoms. The van der Waals surface area contributed by atoms with Crippen LogP contribution in [-0.2, 0) is 12.8 Å². The summed E-state index contributed by atoms with van der Waals surface area (Å²) in [6.07, 6.45) is 7.65. The number of para-hydroxylation sites is 1. The maximum Gasteiger partial charge on any atom is 0.272 e. The molecule has 1 amide bonds. The van der Waals surface area contributed by atoms with E-state index in [4.69, 9.17) is 5.10 Å². The molecule has 1 aromatic carbocycles. The van der Waals surface area contributed by atoms with Gasteiger partial charge in [-0.2, -0.15) is 5.10 Å². The van der Waals surface area contributed by atoms with Crippen LogP contribution in [0.2, 0.25) is 0 Å². The van der Waals surface area contributed by atoms with E-state index in [-0.39, 0.29) is 11.9 Å². The SMILES string of the molecule is O=C(NC1CC2CCC(C1)N2)c1nn(-c2ccccc2)c2c1CCC2. The Hall–Kier alpha value is -2.14. The fourth-order valence-corrected chi connectivity index (χ4v) is 4.83. The number of piperidine rings is 1. The second-order valence-electron chi connectivity index (χ2n) is 7.65. The van der Waals surface area contributed by atoms with Crippen molar-refractivity contribution in [2.75, 3.05) is 0 Å². The van der Waals surface area contributed by atoms with Gasteiger partial charge in [0, 0.05) is 29.4 Å². The molecule has 1 aliphatic carbocycles. The van der Waals surface area contributed by atoms with Crippen molar-refractivity contribution in [2.45, 2.75) is 63.1 Å². The monoisotopic (exact) mass is 336 g/mol. The average molecular weight is 336 g/mol. The van der Waals surface area contributed by atoms with Gasteiger partial charge in [0.15, 0.2) is 5.69 Å². The third-order valence-corrected chi connectivity index (χ3v) is 5.95. The average Bonchev–Trinajstić information content (AvgIpc) is 3.31. The summed E-state index contributed by atoms with van der Waals surface area (Å²) >= 11 is 0. The lowest BCUT2D eigenvalue weighted by Crippen LogP contribution is -2.48. The summed E-state index contributed by atoms with van der Waals surface area (Å²) in [6, 6.07) is 11.6. The largest absolute Gasteiger partial charge is 0.348 e. The van der Waals surface area contributed by atoms with Crippen LogP contribution in [0.1, 0.15) is 53.8 Å². The van der Waals surface area contributed by atoms with Crippen LogP contribution >= 0.6 is 0 Å². The smallest absolute Gasteiger partial charge is 0.272 e. The maximum atomic E-state index is 12.9. The van der Waals surface area contributed by atoms with E-state index in [9.17, 15) is 4.79 Å². The number of carbonyl (C=O) groups is 1. The molecule has 5 nitrogen and oxygen atoms in total. The van der Waals surface area contributed by atoms with E-state index >= 15 is 0 Å². The Bertz CT molecular complexity index is 786. The number of carbonyl (C=O) groups excluding carboxylic acids is 1. The molecule has 0 saturated carbocycles. The molecule has 3 aliphatic rings. The standard InChI is InChI=1S/C20H24N4O/c25-20(22-15-11-13-9-10-14(12-15)21-13)19-17-7-4-8-18(17)24(23-19)16-5-2-1-3-6-16/h1-3,5-6,13-15,21H,4,7-12H2,(H,22,25). The van der Waals surface area contributed by atoms with Gasteiger partial charge in [0.25, 0.3) is 5.91 Å². The number of aromatic nitrogens is 2. The first kappa shape index (κ1) is 15.1. The number of fused-ring (bicyclic) bond motifs is 3. The number of nitrogens with one attached hydrogen (secondary N) is 2. The van der Waals surface area contributed by atoms with Crippen molar-refractivity contribution in [2.24, 2.45) is 0 Å². The summed E-state index contributed by atoms with van der Waals surface area (Å²) in [7, 11) is 0. The number of hydrogen-bond donors (Lipinski definition) is 2. The molecule has 2 aliphatic heterocycles. The highest BCUT2D eigenvalue weighted by Gasteiger charge is 2.35. The minimum absolute atomic E-state index is 0.0131. The van der Waals surface area contributed by atoms with E-state index in [2.05, 4.69) is 22.8 Å². The first-order valence-electron chi connectivity index (χ1n) is 9.51. The molecule has 1 aromatic heterocycles. The Morgan fingerprint density at radius 2 is 1.88 bits per heavy atom. The number of hydrogen-bond acceptors (Lipinski definition) is 3. The van der Waals surface area contributed by atoms with Gasteiger partial charge in [0.1, 0.15) is 0 Å². The third-order valence-electron chi connectivity index (χ3n) is 5.95. The van der Waals surface area contributed by atoms with Gasteiger partial charge in [0.05, 0.1) is 5.69 Å². The van der Waals surface area contributed by atoms with Crippen LogP contribution in [0.15, 0.2) is 30.3 Å². The van der Waals surface area contributed by atoms with Crippen molar-refractivity contribution in [3.8, 4) is 5.69 Å². The zero-order valence-electron chi connectivity index (χ0n) is 14.4. The molecule has 2 atom stereocenters. The van der Waals surface area contributed by atoms with Crippen molar-refractivity contribution in [3.05, 3.63) is 47.3 Å². The van der Waals surface area contributed by atoms with E-state index in [1.165, 1.54) is 18.5 Å². The first-order chi connectivity index (χ1) is 12.3. The van der Waals surface area contributed by atoms with Gasteiger partial charge in [-0.05, 0) is 57.1 Å². The van der Waals surface area contributed by atoms with E-state index in [0.29, 0.717) is 17.8 Å². The molecule has 130 valence electrons. The second kappa shape index (κ2) is 5.99. The van der Waals surface area contributed by atoms with E-state index < -0.39 is 0 Å². The van der Waals surface area contributed by atoms with Crippen LogP contribution in [0.4, 0.5) is 0 Å². The van der Waals surface area contributed by atoms with Crippen LogP contribution in [0, 0.1) is 0 Å². The quantitative estimate of drug-likeness (QED) is 0.905. The van der Waals surface area contributed by atoms with Gasteiger partial charge in [0.2, 0.25) is 0 Å². The Morgan fingerprint density at radius 1 is 1.12 bits per heavy atom. The van der Waals surface area contributed by atoms with Gasteiger partial charge < -0.3 is 10.6 Å². The Balaban J connectivity index is 1.41. The fraction of sp³-hybridized carbons (Fsp3) is 0.500. The predicted molar refractivity (Wildman–Crippen MR) is 96.0 cm³/mol. The molecule has 2 unspecified atom stereocenters. The van der Waals surface area contributed by atoms with Crippen molar-refractivity contribution >= 4 is 5.91 Å². The minimum Gasteiger partial charge on any atom is -0.348 e. The normalized spacial score (nSPS) is 27.3. The predicted octanol–water partition coefficient (Wildman–Crippen LogP) is 2.37. The Morgan fingerprint density at radius 3 is 2.64 bits per heavy atom. The molecular formula is C20H24N4O. The molecule has 2 bridgehead atoms. The zero-order chi connectivity index (χ0) is 16.8. The molecular weight excluding hydrogens is 312 g/mol. The molecule has 2 saturated heterocycles. The highest BCUT2D eigenvalue weighted by Crippen LogP contribution is 2.29. The Kier molecular flexibility index (Phi) is 3.63. The summed E-state index contributed by atoms with van der Waals surface area (Å²) in [4.78, 5) is 12.9.